The van der Waals surface area contributed by atoms with Crippen LogP contribution in [0.3, 0.4) is 0 Å². The number of ether oxygens (including phenoxy) is 2. The van der Waals surface area contributed by atoms with Gasteiger partial charge < -0.3 is 34.8 Å². The molecule has 3 saturated heterocycles. The Kier molecular flexibility index (Phi) is 9.26. The Morgan fingerprint density at radius 1 is 0.980 bits per heavy atom. The molecule has 16 heteroatoms. The maximum absolute atomic E-state index is 15.8. The number of carbonyl (C=O) groups is 2. The van der Waals surface area contributed by atoms with E-state index in [1.54, 1.807) is 23.1 Å². The molecule has 14 nitrogen and oxygen atoms in total. The molecule has 3 amide bonds. The minimum absolute atomic E-state index is 0.0550. The fraction of sp³-hybridized carbons (Fsp3) is 0.486. The Labute approximate surface area is 297 Å². The SMILES string of the molecule is CCN1CC(C)(C)Oc2nc(N3CC4CCC(C3)O4)nc(-c3ccc(NC(=O)Nc4ccc(N5CCN(S(C)(=O)=O)CC5)cc4)c(F)c3)c2C1=O. The molecule has 2 aromatic carbocycles. The van der Waals surface area contributed by atoms with Gasteiger partial charge in [0.2, 0.25) is 21.9 Å². The van der Waals surface area contributed by atoms with Crippen LogP contribution in [0.5, 0.6) is 5.88 Å². The summed E-state index contributed by atoms with van der Waals surface area (Å²) in [5, 5.41) is 5.29. The highest BCUT2D eigenvalue weighted by Crippen LogP contribution is 2.38. The second-order valence-corrected chi connectivity index (χ2v) is 16.0. The van der Waals surface area contributed by atoms with E-state index in [2.05, 4.69) is 15.5 Å². The van der Waals surface area contributed by atoms with Crippen LogP contribution in [0, 0.1) is 5.82 Å². The number of aromatic nitrogens is 2. The molecular formula is C35H43FN8O6S. The maximum atomic E-state index is 15.8. The molecule has 51 heavy (non-hydrogen) atoms. The van der Waals surface area contributed by atoms with Crippen LogP contribution in [0.2, 0.25) is 0 Å². The van der Waals surface area contributed by atoms with E-state index in [9.17, 15) is 18.0 Å². The Morgan fingerprint density at radius 3 is 2.29 bits per heavy atom. The second-order valence-electron chi connectivity index (χ2n) is 14.1. The van der Waals surface area contributed by atoms with Crippen molar-refractivity contribution in [3.63, 3.8) is 0 Å². The molecular weight excluding hydrogens is 680 g/mol. The highest BCUT2D eigenvalue weighted by atomic mass is 32.2. The summed E-state index contributed by atoms with van der Waals surface area (Å²) >= 11 is 0. The fourth-order valence-electron chi connectivity index (χ4n) is 7.14. The number of piperazine rings is 1. The molecule has 7 rings (SSSR count). The second kappa shape index (κ2) is 13.5. The van der Waals surface area contributed by atoms with Crippen molar-refractivity contribution in [3.05, 3.63) is 53.8 Å². The number of carbonyl (C=O) groups excluding carboxylic acids is 2. The monoisotopic (exact) mass is 722 g/mol. The number of hydrogen-bond acceptors (Lipinski definition) is 10. The first-order valence-corrected chi connectivity index (χ1v) is 19.1. The summed E-state index contributed by atoms with van der Waals surface area (Å²) in [6, 6.07) is 10.8. The van der Waals surface area contributed by atoms with Gasteiger partial charge in [-0.15, -0.1) is 0 Å². The summed E-state index contributed by atoms with van der Waals surface area (Å²) in [4.78, 5) is 42.3. The third-order valence-corrected chi connectivity index (χ3v) is 11.0. The summed E-state index contributed by atoms with van der Waals surface area (Å²) < 4.78 is 53.2. The van der Waals surface area contributed by atoms with Gasteiger partial charge in [0.15, 0.2) is 0 Å². The smallest absolute Gasteiger partial charge is 0.323 e. The number of sulfonamides is 1. The number of amides is 3. The van der Waals surface area contributed by atoms with Gasteiger partial charge in [-0.3, -0.25) is 4.79 Å². The van der Waals surface area contributed by atoms with Gasteiger partial charge in [0, 0.05) is 62.8 Å². The van der Waals surface area contributed by atoms with Gasteiger partial charge in [-0.1, -0.05) is 6.07 Å². The number of nitrogens with one attached hydrogen (secondary N) is 2. The van der Waals surface area contributed by atoms with Gasteiger partial charge in [0.05, 0.1) is 36.4 Å². The molecule has 0 radical (unpaired) electrons. The van der Waals surface area contributed by atoms with E-state index in [0.29, 0.717) is 69.6 Å². The molecule has 4 aliphatic rings. The number of rotatable bonds is 7. The Balaban J connectivity index is 1.10. The van der Waals surface area contributed by atoms with Crippen LogP contribution in [0.15, 0.2) is 42.5 Å². The van der Waals surface area contributed by atoms with Crippen LogP contribution in [0.25, 0.3) is 11.3 Å². The molecule has 2 bridgehead atoms. The molecule has 4 aliphatic heterocycles. The van der Waals surface area contributed by atoms with Crippen molar-refractivity contribution in [2.45, 2.75) is 51.4 Å². The third kappa shape index (κ3) is 7.44. The summed E-state index contributed by atoms with van der Waals surface area (Å²) in [5.74, 6) is -0.462. The first-order chi connectivity index (χ1) is 24.3. The lowest BCUT2D eigenvalue weighted by Gasteiger charge is -2.34. The van der Waals surface area contributed by atoms with Gasteiger partial charge >= 0.3 is 6.03 Å². The minimum Gasteiger partial charge on any atom is -0.469 e. The van der Waals surface area contributed by atoms with Gasteiger partial charge in [-0.2, -0.15) is 9.29 Å². The predicted molar refractivity (Wildman–Crippen MR) is 192 cm³/mol. The number of halogens is 1. The number of benzene rings is 2. The van der Waals surface area contributed by atoms with Crippen molar-refractivity contribution in [1.29, 1.82) is 0 Å². The molecule has 3 aromatic rings. The number of likely N-dealkylation sites (N-methyl/N-ethyl adjacent to an activating group) is 1. The zero-order valence-corrected chi connectivity index (χ0v) is 30.0. The van der Waals surface area contributed by atoms with Crippen molar-refractivity contribution in [3.8, 4) is 17.1 Å². The third-order valence-electron chi connectivity index (χ3n) is 9.71. The molecule has 2 atom stereocenters. The molecule has 2 N–H and O–H groups in total. The number of anilines is 4. The van der Waals surface area contributed by atoms with Crippen LogP contribution < -0.4 is 25.2 Å². The molecule has 0 aliphatic carbocycles. The molecule has 5 heterocycles. The fourth-order valence-corrected chi connectivity index (χ4v) is 7.97. The van der Waals surface area contributed by atoms with E-state index >= 15 is 4.39 Å². The summed E-state index contributed by atoms with van der Waals surface area (Å²) in [7, 11) is -3.23. The van der Waals surface area contributed by atoms with E-state index in [1.165, 1.54) is 22.7 Å². The van der Waals surface area contributed by atoms with E-state index in [0.717, 1.165) is 18.5 Å². The molecule has 0 spiro atoms. The number of urea groups is 1. The lowest BCUT2D eigenvalue weighted by atomic mass is 10.0. The van der Waals surface area contributed by atoms with Gasteiger partial charge in [-0.05, 0) is 70.0 Å². The average Bonchev–Trinajstić information content (AvgIpc) is 3.38. The highest BCUT2D eigenvalue weighted by Gasteiger charge is 2.39. The molecule has 1 aromatic heterocycles. The standard InChI is InChI=1S/C35H43FN8O6S/c1-5-41-21-35(2,3)50-31-29(32(41)45)30(39-33(40-31)43-19-25-11-12-26(20-43)49-25)22-6-13-28(27(36)18-22)38-34(46)37-23-7-9-24(10-8-23)42-14-16-44(17-15-42)51(4,47)48/h6-10,13,18,25-26H,5,11-12,14-17,19-21H2,1-4H3,(H2,37,38,46). The van der Waals surface area contributed by atoms with Crippen LogP contribution in [-0.2, 0) is 14.8 Å². The molecule has 272 valence electrons. The van der Waals surface area contributed by atoms with E-state index in [4.69, 9.17) is 19.4 Å². The lowest BCUT2D eigenvalue weighted by molar-refractivity contribution is 0.0297. The van der Waals surface area contributed by atoms with Crippen molar-refractivity contribution >= 4 is 45.0 Å². The van der Waals surface area contributed by atoms with Crippen LogP contribution in [0.1, 0.15) is 44.0 Å². The van der Waals surface area contributed by atoms with Crippen molar-refractivity contribution in [1.82, 2.24) is 19.2 Å². The first kappa shape index (κ1) is 34.9. The van der Waals surface area contributed by atoms with E-state index in [-0.39, 0.29) is 40.9 Å². The van der Waals surface area contributed by atoms with Crippen LogP contribution in [-0.4, -0.2) is 116 Å². The van der Waals surface area contributed by atoms with Gasteiger partial charge in [0.1, 0.15) is 17.0 Å². The predicted octanol–water partition coefficient (Wildman–Crippen LogP) is 4.01. The Hall–Kier alpha value is -4.54. The van der Waals surface area contributed by atoms with Crippen LogP contribution >= 0.6 is 0 Å². The summed E-state index contributed by atoms with van der Waals surface area (Å²) in [6.45, 7) is 9.59. The normalized spacial score (nSPS) is 21.9. The quantitative estimate of drug-likeness (QED) is 0.367. The first-order valence-electron chi connectivity index (χ1n) is 17.2. The van der Waals surface area contributed by atoms with Crippen molar-refractivity contribution < 1.29 is 31.9 Å². The number of nitrogens with zero attached hydrogens (tertiary/aromatic N) is 6. The number of hydrogen-bond donors (Lipinski definition) is 2. The summed E-state index contributed by atoms with van der Waals surface area (Å²) in [5.41, 5.74) is 1.38. The minimum atomic E-state index is -3.23. The van der Waals surface area contributed by atoms with Crippen molar-refractivity contribution in [2.75, 3.05) is 79.0 Å². The summed E-state index contributed by atoms with van der Waals surface area (Å²) in [6.07, 6.45) is 3.26. The van der Waals surface area contributed by atoms with E-state index < -0.39 is 27.5 Å². The Morgan fingerprint density at radius 2 is 1.67 bits per heavy atom. The largest absolute Gasteiger partial charge is 0.469 e. The van der Waals surface area contributed by atoms with Crippen molar-refractivity contribution in [2.24, 2.45) is 0 Å². The van der Waals surface area contributed by atoms with E-state index in [1.807, 2.05) is 37.8 Å². The number of fused-ring (bicyclic) bond motifs is 3. The van der Waals surface area contributed by atoms with Gasteiger partial charge in [0.25, 0.3) is 5.91 Å². The lowest BCUT2D eigenvalue weighted by Crippen LogP contribution is -2.48. The zero-order chi connectivity index (χ0) is 36.1. The maximum Gasteiger partial charge on any atom is 0.323 e. The average molecular weight is 723 g/mol. The number of morpholine rings is 1. The van der Waals surface area contributed by atoms with Gasteiger partial charge in [-0.25, -0.2) is 22.6 Å². The Bertz CT molecular complexity index is 1920. The molecule has 3 fully saturated rings. The molecule has 2 unspecified atom stereocenters. The molecule has 0 saturated carbocycles. The highest BCUT2D eigenvalue weighted by molar-refractivity contribution is 7.88. The topological polar surface area (TPSA) is 150 Å². The van der Waals surface area contributed by atoms with Crippen LogP contribution in [0.4, 0.5) is 32.2 Å². The zero-order valence-electron chi connectivity index (χ0n) is 29.2.